The number of methoxy groups -OCH3 is 2. The van der Waals surface area contributed by atoms with Gasteiger partial charge >= 0.3 is 0 Å². The lowest BCUT2D eigenvalue weighted by molar-refractivity contribution is 0.173. The summed E-state index contributed by atoms with van der Waals surface area (Å²) in [6, 6.07) is 3.88. The molecule has 2 rings (SSSR count). The number of anilines is 1. The third-order valence-corrected chi connectivity index (χ3v) is 3.98. The summed E-state index contributed by atoms with van der Waals surface area (Å²) < 4.78 is 11.0. The molecule has 0 amide bonds. The molecule has 1 fully saturated rings. The van der Waals surface area contributed by atoms with Crippen molar-refractivity contribution in [2.75, 3.05) is 45.8 Å². The Kier molecular flexibility index (Phi) is 5.70. The molecule has 5 nitrogen and oxygen atoms in total. The van der Waals surface area contributed by atoms with Crippen molar-refractivity contribution >= 4 is 5.69 Å². The predicted octanol–water partition coefficient (Wildman–Crippen LogP) is 1.95. The van der Waals surface area contributed by atoms with E-state index < -0.39 is 6.10 Å². The number of hydrogen-bond acceptors (Lipinski definition) is 5. The zero-order valence-electron chi connectivity index (χ0n) is 13.2. The summed E-state index contributed by atoms with van der Waals surface area (Å²) in [5, 5.41) is 13.2. The van der Waals surface area contributed by atoms with Crippen molar-refractivity contribution in [3.05, 3.63) is 17.7 Å². The topological polar surface area (TPSA) is 54.0 Å². The number of piperidine rings is 1. The van der Waals surface area contributed by atoms with Crippen LogP contribution in [-0.2, 0) is 0 Å². The molecule has 0 aromatic heterocycles. The molecule has 1 aromatic carbocycles. The molecule has 0 spiro atoms. The first-order chi connectivity index (χ1) is 10.2. The Hall–Kier alpha value is -1.46. The third-order valence-electron chi connectivity index (χ3n) is 3.98. The lowest BCUT2D eigenvalue weighted by atomic mass is 10.0. The Morgan fingerprint density at radius 2 is 1.81 bits per heavy atom. The zero-order valence-corrected chi connectivity index (χ0v) is 13.2. The first kappa shape index (κ1) is 15.9. The molecule has 0 aliphatic carbocycles. The van der Waals surface area contributed by atoms with E-state index >= 15 is 0 Å². The lowest BCUT2D eigenvalue weighted by Crippen LogP contribution is -2.30. The molecule has 1 aliphatic heterocycles. The van der Waals surface area contributed by atoms with Crippen molar-refractivity contribution in [2.45, 2.75) is 25.4 Å². The minimum Gasteiger partial charge on any atom is -0.496 e. The average molecular weight is 294 g/mol. The van der Waals surface area contributed by atoms with E-state index in [0.717, 1.165) is 30.1 Å². The molecular weight excluding hydrogens is 268 g/mol. The molecule has 1 heterocycles. The second-order valence-electron chi connectivity index (χ2n) is 5.39. The quantitative estimate of drug-likeness (QED) is 0.840. The highest BCUT2D eigenvalue weighted by Gasteiger charge is 2.21. The summed E-state index contributed by atoms with van der Waals surface area (Å²) in [6.07, 6.45) is 3.08. The number of aliphatic hydroxyl groups is 1. The van der Waals surface area contributed by atoms with Crippen molar-refractivity contribution < 1.29 is 14.6 Å². The number of ether oxygens (including phenoxy) is 2. The van der Waals surface area contributed by atoms with E-state index in [9.17, 15) is 5.11 Å². The van der Waals surface area contributed by atoms with Gasteiger partial charge in [-0.05, 0) is 32.4 Å². The van der Waals surface area contributed by atoms with Crippen LogP contribution < -0.4 is 19.7 Å². The molecule has 1 unspecified atom stereocenters. The van der Waals surface area contributed by atoms with E-state index in [1.165, 1.54) is 19.3 Å². The second-order valence-corrected chi connectivity index (χ2v) is 5.39. The van der Waals surface area contributed by atoms with Crippen LogP contribution in [0.15, 0.2) is 12.1 Å². The number of rotatable bonds is 6. The summed E-state index contributed by atoms with van der Waals surface area (Å²) >= 11 is 0. The van der Waals surface area contributed by atoms with E-state index in [1.54, 1.807) is 14.2 Å². The molecule has 118 valence electrons. The number of nitrogens with one attached hydrogen (secondary N) is 1. The molecule has 5 heteroatoms. The summed E-state index contributed by atoms with van der Waals surface area (Å²) in [5.41, 5.74) is 1.80. The van der Waals surface area contributed by atoms with Crippen molar-refractivity contribution in [3.63, 3.8) is 0 Å². The van der Waals surface area contributed by atoms with Gasteiger partial charge in [-0.15, -0.1) is 0 Å². The van der Waals surface area contributed by atoms with E-state index in [-0.39, 0.29) is 0 Å². The van der Waals surface area contributed by atoms with Gasteiger partial charge in [0.1, 0.15) is 11.5 Å². The minimum atomic E-state index is -0.616. The van der Waals surface area contributed by atoms with E-state index in [4.69, 9.17) is 9.47 Å². The minimum absolute atomic E-state index is 0.475. The zero-order chi connectivity index (χ0) is 15.2. The maximum atomic E-state index is 10.2. The van der Waals surface area contributed by atoms with Gasteiger partial charge in [0, 0.05) is 31.3 Å². The Morgan fingerprint density at radius 3 is 2.38 bits per heavy atom. The van der Waals surface area contributed by atoms with Gasteiger partial charge in [0.05, 0.1) is 26.0 Å². The smallest absolute Gasteiger partial charge is 0.142 e. The number of likely N-dealkylation sites (N-methyl/N-ethyl adjacent to an activating group) is 1. The fraction of sp³-hybridized carbons (Fsp3) is 0.625. The van der Waals surface area contributed by atoms with Crippen LogP contribution in [0.2, 0.25) is 0 Å². The highest BCUT2D eigenvalue weighted by molar-refractivity contribution is 5.64. The van der Waals surface area contributed by atoms with Gasteiger partial charge in [-0.25, -0.2) is 0 Å². The number of hydrogen-bond donors (Lipinski definition) is 2. The van der Waals surface area contributed by atoms with Gasteiger partial charge in [-0.2, -0.15) is 0 Å². The van der Waals surface area contributed by atoms with Crippen molar-refractivity contribution in [1.29, 1.82) is 0 Å². The van der Waals surface area contributed by atoms with Crippen LogP contribution in [0, 0.1) is 0 Å². The lowest BCUT2D eigenvalue weighted by Gasteiger charge is -2.31. The average Bonchev–Trinajstić information content (AvgIpc) is 2.54. The Bertz CT molecular complexity index is 459. The molecule has 0 bridgehead atoms. The molecule has 0 saturated carbocycles. The summed E-state index contributed by atoms with van der Waals surface area (Å²) in [5.74, 6) is 1.50. The highest BCUT2D eigenvalue weighted by Crippen LogP contribution is 2.38. The maximum Gasteiger partial charge on any atom is 0.142 e. The molecule has 21 heavy (non-hydrogen) atoms. The Balaban J connectivity index is 2.37. The summed E-state index contributed by atoms with van der Waals surface area (Å²) in [4.78, 5) is 2.33. The third kappa shape index (κ3) is 3.60. The predicted molar refractivity (Wildman–Crippen MR) is 84.5 cm³/mol. The van der Waals surface area contributed by atoms with Gasteiger partial charge in [0.2, 0.25) is 0 Å². The van der Waals surface area contributed by atoms with Gasteiger partial charge in [-0.1, -0.05) is 0 Å². The first-order valence-corrected chi connectivity index (χ1v) is 7.54. The number of aliphatic hydroxyl groups excluding tert-OH is 1. The number of benzene rings is 1. The van der Waals surface area contributed by atoms with E-state index in [0.29, 0.717) is 12.3 Å². The highest BCUT2D eigenvalue weighted by atomic mass is 16.5. The van der Waals surface area contributed by atoms with E-state index in [1.807, 2.05) is 19.2 Å². The van der Waals surface area contributed by atoms with Gasteiger partial charge < -0.3 is 24.8 Å². The second kappa shape index (κ2) is 7.52. The molecule has 1 aliphatic rings. The molecule has 1 aromatic rings. The van der Waals surface area contributed by atoms with Crippen LogP contribution in [0.3, 0.4) is 0 Å². The summed E-state index contributed by atoms with van der Waals surface area (Å²) in [7, 11) is 5.12. The fourth-order valence-electron chi connectivity index (χ4n) is 2.85. The molecular formula is C16H26N2O3. The Morgan fingerprint density at radius 1 is 1.14 bits per heavy atom. The van der Waals surface area contributed by atoms with Crippen LogP contribution in [0.5, 0.6) is 11.5 Å². The molecule has 2 N–H and O–H groups in total. The normalized spacial score (nSPS) is 16.7. The van der Waals surface area contributed by atoms with Crippen LogP contribution in [0.1, 0.15) is 30.9 Å². The molecule has 1 atom stereocenters. The standard InChI is InChI=1S/C16H26N2O3/c1-17-11-14(19)12-9-16(21-3)13(10-15(12)20-2)18-7-5-4-6-8-18/h9-10,14,17,19H,4-8,11H2,1-3H3. The largest absolute Gasteiger partial charge is 0.496 e. The van der Waals surface area contributed by atoms with Crippen molar-refractivity contribution in [3.8, 4) is 11.5 Å². The fourth-order valence-corrected chi connectivity index (χ4v) is 2.85. The number of nitrogens with zero attached hydrogens (tertiary/aromatic N) is 1. The van der Waals surface area contributed by atoms with E-state index in [2.05, 4.69) is 10.2 Å². The van der Waals surface area contributed by atoms with Gasteiger partial charge in [-0.3, -0.25) is 0 Å². The van der Waals surface area contributed by atoms with Gasteiger partial charge in [0.25, 0.3) is 0 Å². The van der Waals surface area contributed by atoms with Crippen LogP contribution >= 0.6 is 0 Å². The molecule has 1 saturated heterocycles. The first-order valence-electron chi connectivity index (χ1n) is 7.54. The monoisotopic (exact) mass is 294 g/mol. The van der Waals surface area contributed by atoms with Crippen LogP contribution in [0.25, 0.3) is 0 Å². The molecule has 0 radical (unpaired) electrons. The van der Waals surface area contributed by atoms with Gasteiger partial charge in [0.15, 0.2) is 0 Å². The SMILES string of the molecule is CNCC(O)c1cc(OC)c(N2CCCCC2)cc1OC. The van der Waals surface area contributed by atoms with Crippen LogP contribution in [-0.4, -0.2) is 46.0 Å². The summed E-state index contributed by atoms with van der Waals surface area (Å²) in [6.45, 7) is 2.55. The van der Waals surface area contributed by atoms with Crippen molar-refractivity contribution in [1.82, 2.24) is 5.32 Å². The Labute approximate surface area is 126 Å². The van der Waals surface area contributed by atoms with Crippen molar-refractivity contribution in [2.24, 2.45) is 0 Å². The maximum absolute atomic E-state index is 10.2. The van der Waals surface area contributed by atoms with Crippen LogP contribution in [0.4, 0.5) is 5.69 Å².